The van der Waals surface area contributed by atoms with Crippen LogP contribution in [0.4, 0.5) is 0 Å². The second-order valence-electron chi connectivity index (χ2n) is 4.30. The fourth-order valence-electron chi connectivity index (χ4n) is 1.72. The lowest BCUT2D eigenvalue weighted by Gasteiger charge is -2.37. The molecule has 1 amide bonds. The Morgan fingerprint density at radius 3 is 2.82 bits per heavy atom. The van der Waals surface area contributed by atoms with Crippen LogP contribution < -0.4 is 5.73 Å². The van der Waals surface area contributed by atoms with Gasteiger partial charge < -0.3 is 20.1 Å². The maximum absolute atomic E-state index is 12.3. The van der Waals surface area contributed by atoms with Crippen molar-refractivity contribution in [1.29, 1.82) is 0 Å². The lowest BCUT2D eigenvalue weighted by Crippen LogP contribution is -2.56. The number of carbonyl (C=O) groups excluding carboxylic acids is 1. The van der Waals surface area contributed by atoms with Gasteiger partial charge in [-0.2, -0.15) is 0 Å². The summed E-state index contributed by atoms with van der Waals surface area (Å²) < 4.78 is 10.7. The SMILES string of the molecule is CCC(C)(OC)C(=O)N1CCOC(C(N)=S)C1. The lowest BCUT2D eigenvalue weighted by molar-refractivity contribution is -0.158. The molecule has 1 aliphatic rings. The molecule has 0 aromatic carbocycles. The van der Waals surface area contributed by atoms with Crippen molar-refractivity contribution in [3.8, 4) is 0 Å². The summed E-state index contributed by atoms with van der Waals surface area (Å²) in [4.78, 5) is 14.3. The first-order valence-corrected chi connectivity index (χ1v) is 6.11. The van der Waals surface area contributed by atoms with Crippen molar-refractivity contribution in [2.24, 2.45) is 5.73 Å². The molecule has 0 aliphatic carbocycles. The molecule has 0 saturated carbocycles. The Labute approximate surface area is 107 Å². The minimum Gasteiger partial charge on any atom is -0.391 e. The fraction of sp³-hybridized carbons (Fsp3) is 0.818. The number of morpholine rings is 1. The Balaban J connectivity index is 2.72. The summed E-state index contributed by atoms with van der Waals surface area (Å²) >= 11 is 4.89. The summed E-state index contributed by atoms with van der Waals surface area (Å²) in [6.07, 6.45) is 0.276. The van der Waals surface area contributed by atoms with Crippen LogP contribution >= 0.6 is 12.2 Å². The lowest BCUT2D eigenvalue weighted by atomic mass is 10.0. The Bertz CT molecular complexity index is 305. The molecule has 1 fully saturated rings. The van der Waals surface area contributed by atoms with Crippen molar-refractivity contribution < 1.29 is 14.3 Å². The third kappa shape index (κ3) is 3.14. The van der Waals surface area contributed by atoms with Crippen molar-refractivity contribution in [1.82, 2.24) is 4.90 Å². The molecule has 0 aromatic rings. The van der Waals surface area contributed by atoms with Crippen LogP contribution in [0, 0.1) is 0 Å². The zero-order chi connectivity index (χ0) is 13.1. The second kappa shape index (κ2) is 5.75. The molecule has 2 atom stereocenters. The normalized spacial score (nSPS) is 24.2. The van der Waals surface area contributed by atoms with E-state index in [2.05, 4.69) is 0 Å². The summed E-state index contributed by atoms with van der Waals surface area (Å²) in [6.45, 7) is 5.13. The number of rotatable bonds is 4. The molecule has 1 saturated heterocycles. The van der Waals surface area contributed by atoms with Crippen molar-refractivity contribution in [3.05, 3.63) is 0 Å². The van der Waals surface area contributed by atoms with E-state index in [1.54, 1.807) is 18.9 Å². The van der Waals surface area contributed by atoms with Crippen LogP contribution in [-0.2, 0) is 14.3 Å². The van der Waals surface area contributed by atoms with Gasteiger partial charge in [-0.25, -0.2) is 0 Å². The number of carbonyl (C=O) groups is 1. The molecule has 1 heterocycles. The Morgan fingerprint density at radius 1 is 1.71 bits per heavy atom. The molecular weight excluding hydrogens is 240 g/mol. The molecule has 1 aliphatic heterocycles. The molecule has 0 spiro atoms. The second-order valence-corrected chi connectivity index (χ2v) is 4.77. The molecular formula is C11H20N2O3S. The molecule has 2 unspecified atom stereocenters. The fourth-order valence-corrected chi connectivity index (χ4v) is 1.87. The number of hydrogen-bond acceptors (Lipinski definition) is 4. The summed E-state index contributed by atoms with van der Waals surface area (Å²) in [7, 11) is 1.55. The number of nitrogens with two attached hydrogens (primary N) is 1. The predicted octanol–water partition coefficient (Wildman–Crippen LogP) is 0.315. The van der Waals surface area contributed by atoms with E-state index >= 15 is 0 Å². The number of amides is 1. The van der Waals surface area contributed by atoms with E-state index in [1.807, 2.05) is 6.92 Å². The first kappa shape index (κ1) is 14.3. The number of hydrogen-bond donors (Lipinski definition) is 1. The molecule has 1 rings (SSSR count). The van der Waals surface area contributed by atoms with Gasteiger partial charge in [0.15, 0.2) is 0 Å². The Hall–Kier alpha value is -0.720. The van der Waals surface area contributed by atoms with E-state index in [1.165, 1.54) is 0 Å². The van der Waals surface area contributed by atoms with Crippen LogP contribution in [0.3, 0.4) is 0 Å². The third-order valence-corrected chi connectivity index (χ3v) is 3.51. The maximum Gasteiger partial charge on any atom is 0.254 e. The Kier molecular flexibility index (Phi) is 4.85. The largest absolute Gasteiger partial charge is 0.391 e. The average Bonchev–Trinajstić information content (AvgIpc) is 2.37. The summed E-state index contributed by atoms with van der Waals surface area (Å²) in [5.74, 6) is -0.0351. The summed E-state index contributed by atoms with van der Waals surface area (Å²) in [5, 5.41) is 0. The van der Waals surface area contributed by atoms with Gasteiger partial charge in [-0.05, 0) is 13.3 Å². The number of thiocarbonyl (C=S) groups is 1. The topological polar surface area (TPSA) is 64.8 Å². The number of methoxy groups -OCH3 is 1. The monoisotopic (exact) mass is 260 g/mol. The van der Waals surface area contributed by atoms with E-state index in [4.69, 9.17) is 27.4 Å². The molecule has 2 N–H and O–H groups in total. The van der Waals surface area contributed by atoms with Gasteiger partial charge in [0.1, 0.15) is 16.7 Å². The highest BCUT2D eigenvalue weighted by Crippen LogP contribution is 2.19. The first-order valence-electron chi connectivity index (χ1n) is 5.70. The standard InChI is InChI=1S/C11H20N2O3S/c1-4-11(2,15-3)10(14)13-5-6-16-8(7-13)9(12)17/h8H,4-7H2,1-3H3,(H2,12,17). The minimum atomic E-state index is -0.780. The third-order valence-electron chi connectivity index (χ3n) is 3.25. The van der Waals surface area contributed by atoms with Gasteiger partial charge in [0.25, 0.3) is 5.91 Å². The average molecular weight is 260 g/mol. The highest BCUT2D eigenvalue weighted by Gasteiger charge is 2.37. The van der Waals surface area contributed by atoms with Gasteiger partial charge in [0.2, 0.25) is 0 Å². The van der Waals surface area contributed by atoms with Crippen molar-refractivity contribution >= 4 is 23.1 Å². The molecule has 5 nitrogen and oxygen atoms in total. The van der Waals surface area contributed by atoms with Gasteiger partial charge in [-0.3, -0.25) is 4.79 Å². The van der Waals surface area contributed by atoms with Crippen LogP contribution in [0.2, 0.25) is 0 Å². The zero-order valence-electron chi connectivity index (χ0n) is 10.6. The van der Waals surface area contributed by atoms with Gasteiger partial charge >= 0.3 is 0 Å². The molecule has 6 heteroatoms. The zero-order valence-corrected chi connectivity index (χ0v) is 11.4. The van der Waals surface area contributed by atoms with Crippen molar-refractivity contribution in [2.75, 3.05) is 26.8 Å². The maximum atomic E-state index is 12.3. The van der Waals surface area contributed by atoms with E-state index in [0.717, 1.165) is 0 Å². The summed E-state index contributed by atoms with van der Waals surface area (Å²) in [6, 6.07) is 0. The van der Waals surface area contributed by atoms with Crippen LogP contribution in [-0.4, -0.2) is 54.3 Å². The van der Waals surface area contributed by atoms with Gasteiger partial charge in [0, 0.05) is 13.7 Å². The van der Waals surface area contributed by atoms with Gasteiger partial charge in [-0.1, -0.05) is 19.1 Å². The van der Waals surface area contributed by atoms with Crippen molar-refractivity contribution in [2.45, 2.75) is 32.0 Å². The molecule has 17 heavy (non-hydrogen) atoms. The van der Waals surface area contributed by atoms with Gasteiger partial charge in [-0.15, -0.1) is 0 Å². The number of nitrogens with zero attached hydrogens (tertiary/aromatic N) is 1. The predicted molar refractivity (Wildman–Crippen MR) is 68.8 cm³/mol. The van der Waals surface area contributed by atoms with E-state index in [9.17, 15) is 4.79 Å². The van der Waals surface area contributed by atoms with Gasteiger partial charge in [0.05, 0.1) is 13.2 Å². The quantitative estimate of drug-likeness (QED) is 0.737. The van der Waals surface area contributed by atoms with E-state index in [0.29, 0.717) is 26.1 Å². The van der Waals surface area contributed by atoms with Crippen molar-refractivity contribution in [3.63, 3.8) is 0 Å². The molecule has 0 bridgehead atoms. The number of ether oxygens (including phenoxy) is 2. The van der Waals surface area contributed by atoms with E-state index < -0.39 is 5.60 Å². The highest BCUT2D eigenvalue weighted by atomic mass is 32.1. The van der Waals surface area contributed by atoms with Crippen LogP contribution in [0.5, 0.6) is 0 Å². The molecule has 0 radical (unpaired) electrons. The Morgan fingerprint density at radius 2 is 2.35 bits per heavy atom. The molecule has 98 valence electrons. The van der Waals surface area contributed by atoms with Crippen LogP contribution in [0.15, 0.2) is 0 Å². The molecule has 0 aromatic heterocycles. The first-order chi connectivity index (χ1) is 7.94. The summed E-state index contributed by atoms with van der Waals surface area (Å²) in [5.41, 5.74) is 4.76. The smallest absolute Gasteiger partial charge is 0.254 e. The van der Waals surface area contributed by atoms with Crippen LogP contribution in [0.25, 0.3) is 0 Å². The van der Waals surface area contributed by atoms with Crippen LogP contribution in [0.1, 0.15) is 20.3 Å². The minimum absolute atomic E-state index is 0.0351. The highest BCUT2D eigenvalue weighted by molar-refractivity contribution is 7.80. The van der Waals surface area contributed by atoms with E-state index in [-0.39, 0.29) is 17.0 Å².